The molecule has 0 atom stereocenters. The van der Waals surface area contributed by atoms with Gasteiger partial charge in [0.2, 0.25) is 0 Å². The number of anilines is 1. The highest BCUT2D eigenvalue weighted by Crippen LogP contribution is 2.37. The molecule has 4 amide bonds. The summed E-state index contributed by atoms with van der Waals surface area (Å²) >= 11 is 3.39. The van der Waals surface area contributed by atoms with Crippen molar-refractivity contribution in [3.63, 3.8) is 0 Å². The quantitative estimate of drug-likeness (QED) is 0.226. The minimum Gasteiger partial charge on any atom is -0.494 e. The van der Waals surface area contributed by atoms with Crippen molar-refractivity contribution in [3.05, 3.63) is 52.0 Å². The van der Waals surface area contributed by atoms with Gasteiger partial charge in [0.15, 0.2) is 11.5 Å². The molecule has 1 saturated heterocycles. The van der Waals surface area contributed by atoms with Crippen LogP contribution in [-0.2, 0) is 9.59 Å². The lowest BCUT2D eigenvalue weighted by atomic mass is 10.1. The van der Waals surface area contributed by atoms with Crippen molar-refractivity contribution in [1.82, 2.24) is 5.32 Å². The van der Waals surface area contributed by atoms with Gasteiger partial charge in [-0.2, -0.15) is 0 Å². The molecule has 0 bridgehead atoms. The van der Waals surface area contributed by atoms with Crippen LogP contribution in [-0.4, -0.2) is 38.2 Å². The van der Waals surface area contributed by atoms with E-state index in [9.17, 15) is 14.4 Å². The fraction of sp³-hybridized carbons (Fsp3) is 0.240. The van der Waals surface area contributed by atoms with Gasteiger partial charge in [0.05, 0.1) is 23.9 Å². The van der Waals surface area contributed by atoms with Crippen molar-refractivity contribution < 1.29 is 28.6 Å². The summed E-state index contributed by atoms with van der Waals surface area (Å²) in [7, 11) is 1.45. The van der Waals surface area contributed by atoms with Gasteiger partial charge in [-0.1, -0.05) is 19.3 Å². The molecule has 9 heteroatoms. The van der Waals surface area contributed by atoms with Gasteiger partial charge in [0.25, 0.3) is 11.8 Å². The van der Waals surface area contributed by atoms with E-state index in [1.54, 1.807) is 36.4 Å². The summed E-state index contributed by atoms with van der Waals surface area (Å²) in [5.74, 6) is 2.19. The highest BCUT2D eigenvalue weighted by atomic mass is 79.9. The van der Waals surface area contributed by atoms with Gasteiger partial charge < -0.3 is 14.2 Å². The largest absolute Gasteiger partial charge is 0.494 e. The van der Waals surface area contributed by atoms with E-state index >= 15 is 0 Å². The van der Waals surface area contributed by atoms with Crippen molar-refractivity contribution in [3.8, 4) is 29.6 Å². The van der Waals surface area contributed by atoms with Crippen LogP contribution in [0.2, 0.25) is 0 Å². The summed E-state index contributed by atoms with van der Waals surface area (Å²) in [6.07, 6.45) is 8.55. The van der Waals surface area contributed by atoms with Crippen LogP contribution in [0.15, 0.2) is 46.4 Å². The first-order valence-corrected chi connectivity index (χ1v) is 11.3. The highest BCUT2D eigenvalue weighted by Gasteiger charge is 2.36. The van der Waals surface area contributed by atoms with Crippen molar-refractivity contribution in [2.45, 2.75) is 19.8 Å². The van der Waals surface area contributed by atoms with Crippen LogP contribution >= 0.6 is 15.9 Å². The van der Waals surface area contributed by atoms with E-state index in [1.807, 2.05) is 0 Å². The Kier molecular flexibility index (Phi) is 8.33. The summed E-state index contributed by atoms with van der Waals surface area (Å²) < 4.78 is 17.0. The second kappa shape index (κ2) is 11.4. The molecule has 3 rings (SSSR count). The lowest BCUT2D eigenvalue weighted by Crippen LogP contribution is -2.54. The van der Waals surface area contributed by atoms with E-state index in [0.29, 0.717) is 39.6 Å². The molecule has 1 aliphatic rings. The Morgan fingerprint density at radius 2 is 1.88 bits per heavy atom. The molecule has 1 heterocycles. The van der Waals surface area contributed by atoms with Gasteiger partial charge in [0, 0.05) is 0 Å². The maximum Gasteiger partial charge on any atom is 0.335 e. The minimum atomic E-state index is -0.830. The number of halogens is 1. The molecule has 0 aliphatic carbocycles. The molecule has 2 aromatic carbocycles. The Morgan fingerprint density at radius 3 is 2.53 bits per heavy atom. The summed E-state index contributed by atoms with van der Waals surface area (Å²) in [4.78, 5) is 39.0. The molecule has 1 N–H and O–H groups in total. The predicted octanol–water partition coefficient (Wildman–Crippen LogP) is 4.32. The zero-order chi connectivity index (χ0) is 24.7. The average Bonchev–Trinajstić information content (AvgIpc) is 2.81. The van der Waals surface area contributed by atoms with Gasteiger partial charge in [-0.25, -0.2) is 9.69 Å². The van der Waals surface area contributed by atoms with Crippen LogP contribution in [0.3, 0.4) is 0 Å². The molecule has 8 nitrogen and oxygen atoms in total. The Morgan fingerprint density at radius 1 is 1.15 bits per heavy atom. The van der Waals surface area contributed by atoms with Crippen LogP contribution in [0.5, 0.6) is 17.2 Å². The first-order valence-electron chi connectivity index (χ1n) is 10.5. The normalized spacial score (nSPS) is 14.6. The molecule has 2 aromatic rings. The highest BCUT2D eigenvalue weighted by molar-refractivity contribution is 9.10. The van der Waals surface area contributed by atoms with Crippen LogP contribution < -0.4 is 24.4 Å². The van der Waals surface area contributed by atoms with Gasteiger partial charge >= 0.3 is 6.03 Å². The average molecular weight is 527 g/mol. The SMILES string of the molecule is C#CCOc1c(Br)cc(/C=C2/C(=O)NC(=O)N(c3ccc(OCCCC)cc3)C2=O)cc1OC. The van der Waals surface area contributed by atoms with Crippen LogP contribution in [0.25, 0.3) is 6.08 Å². The number of nitrogens with zero attached hydrogens (tertiary/aromatic N) is 1. The molecular weight excluding hydrogens is 504 g/mol. The smallest absolute Gasteiger partial charge is 0.335 e. The number of methoxy groups -OCH3 is 1. The lowest BCUT2D eigenvalue weighted by Gasteiger charge is -2.26. The topological polar surface area (TPSA) is 94.2 Å². The molecule has 0 saturated carbocycles. The number of unbranched alkanes of at least 4 members (excludes halogenated alkanes) is 1. The number of urea groups is 1. The zero-order valence-electron chi connectivity index (χ0n) is 18.7. The van der Waals surface area contributed by atoms with Crippen LogP contribution in [0.1, 0.15) is 25.3 Å². The van der Waals surface area contributed by atoms with Crippen molar-refractivity contribution in [1.29, 1.82) is 0 Å². The first-order chi connectivity index (χ1) is 16.4. The van der Waals surface area contributed by atoms with Gasteiger partial charge in [-0.3, -0.25) is 14.9 Å². The number of terminal acetylenes is 1. The van der Waals surface area contributed by atoms with Crippen LogP contribution in [0, 0.1) is 12.3 Å². The number of carbonyl (C=O) groups excluding carboxylic acids is 3. The molecule has 0 unspecified atom stereocenters. The second-order valence-corrected chi connectivity index (χ2v) is 8.04. The number of hydrogen-bond donors (Lipinski definition) is 1. The third-order valence-electron chi connectivity index (χ3n) is 4.83. The maximum absolute atomic E-state index is 13.1. The minimum absolute atomic E-state index is 0.0375. The zero-order valence-corrected chi connectivity index (χ0v) is 20.3. The molecule has 1 aliphatic heterocycles. The molecule has 0 aromatic heterocycles. The Labute approximate surface area is 206 Å². The number of rotatable bonds is 9. The molecule has 176 valence electrons. The van der Waals surface area contributed by atoms with E-state index in [1.165, 1.54) is 13.2 Å². The summed E-state index contributed by atoms with van der Waals surface area (Å²) in [5, 5.41) is 2.21. The number of carbonyl (C=O) groups is 3. The number of imide groups is 2. The molecule has 0 radical (unpaired) electrons. The summed E-state index contributed by atoms with van der Waals surface area (Å²) in [5.41, 5.74) is 0.568. The first kappa shape index (κ1) is 24.9. The number of hydrogen-bond acceptors (Lipinski definition) is 6. The number of ether oxygens (including phenoxy) is 3. The molecular formula is C25H23BrN2O6. The van der Waals surface area contributed by atoms with E-state index < -0.39 is 17.8 Å². The second-order valence-electron chi connectivity index (χ2n) is 7.18. The van der Waals surface area contributed by atoms with E-state index in [4.69, 9.17) is 20.6 Å². The lowest BCUT2D eigenvalue weighted by molar-refractivity contribution is -0.122. The monoisotopic (exact) mass is 526 g/mol. The van der Waals surface area contributed by atoms with Crippen molar-refractivity contribution >= 4 is 45.5 Å². The Balaban J connectivity index is 1.90. The van der Waals surface area contributed by atoms with E-state index in [2.05, 4.69) is 34.1 Å². The Bertz CT molecular complexity index is 1170. The molecule has 1 fully saturated rings. The number of barbiturate groups is 1. The third kappa shape index (κ3) is 5.58. The number of amides is 4. The fourth-order valence-electron chi connectivity index (χ4n) is 3.16. The Hall–Kier alpha value is -3.77. The van der Waals surface area contributed by atoms with Crippen molar-refractivity contribution in [2.24, 2.45) is 0 Å². The summed E-state index contributed by atoms with van der Waals surface area (Å²) in [6, 6.07) is 8.92. The summed E-state index contributed by atoms with van der Waals surface area (Å²) in [6.45, 7) is 2.68. The van der Waals surface area contributed by atoms with Gasteiger partial charge in [-0.05, 0) is 70.4 Å². The van der Waals surface area contributed by atoms with Gasteiger partial charge in [-0.15, -0.1) is 6.42 Å². The van der Waals surface area contributed by atoms with E-state index in [-0.39, 0.29) is 12.2 Å². The number of benzene rings is 2. The van der Waals surface area contributed by atoms with Crippen molar-refractivity contribution in [2.75, 3.05) is 25.2 Å². The molecule has 0 spiro atoms. The molecule has 34 heavy (non-hydrogen) atoms. The number of nitrogens with one attached hydrogen (secondary N) is 1. The van der Waals surface area contributed by atoms with Crippen LogP contribution in [0.4, 0.5) is 10.5 Å². The van der Waals surface area contributed by atoms with E-state index in [0.717, 1.165) is 17.7 Å². The standard InChI is InChI=1S/C25H23BrN2O6/c1-4-6-12-33-18-9-7-17(8-10-18)28-24(30)19(23(29)27-25(28)31)13-16-14-20(26)22(34-11-5-2)21(15-16)32-3/h2,7-10,13-15H,4,6,11-12H2,1,3H3,(H,27,29,31)/b19-13-. The third-order valence-corrected chi connectivity index (χ3v) is 5.41. The van der Waals surface area contributed by atoms with Gasteiger partial charge in [0.1, 0.15) is 17.9 Å². The predicted molar refractivity (Wildman–Crippen MR) is 131 cm³/mol. The maximum atomic E-state index is 13.1. The fourth-order valence-corrected chi connectivity index (χ4v) is 3.74.